The average molecular weight is 612 g/mol. The molecule has 1 saturated heterocycles. The topological polar surface area (TPSA) is 132 Å². The molecule has 0 saturated carbocycles. The van der Waals surface area contributed by atoms with E-state index >= 15 is 0 Å². The van der Waals surface area contributed by atoms with Crippen LogP contribution in [0.5, 0.6) is 0 Å². The molecular weight excluding hydrogens is 570 g/mol. The van der Waals surface area contributed by atoms with Crippen molar-refractivity contribution in [2.75, 3.05) is 19.0 Å². The minimum absolute atomic E-state index is 0.0534. The van der Waals surface area contributed by atoms with E-state index in [4.69, 9.17) is 4.74 Å². The van der Waals surface area contributed by atoms with Crippen molar-refractivity contribution in [3.05, 3.63) is 95.1 Å². The van der Waals surface area contributed by atoms with Crippen molar-refractivity contribution in [1.82, 2.24) is 10.6 Å². The first-order valence-electron chi connectivity index (χ1n) is 14.2. The van der Waals surface area contributed by atoms with Gasteiger partial charge in [0.05, 0.1) is 29.9 Å². The Morgan fingerprint density at radius 2 is 1.72 bits per heavy atom. The summed E-state index contributed by atoms with van der Waals surface area (Å²) in [5.41, 5.74) is 4.68. The Kier molecular flexibility index (Phi) is 13.1. The van der Waals surface area contributed by atoms with Gasteiger partial charge in [0.2, 0.25) is 0 Å². The summed E-state index contributed by atoms with van der Waals surface area (Å²) in [5.74, 6) is -0.486. The molecule has 2 atom stereocenters. The van der Waals surface area contributed by atoms with Gasteiger partial charge in [-0.05, 0) is 73.2 Å². The van der Waals surface area contributed by atoms with E-state index in [1.54, 1.807) is 12.1 Å². The number of hydrogen-bond donors (Lipinski definition) is 3. The molecule has 2 aliphatic rings. The van der Waals surface area contributed by atoms with E-state index in [2.05, 4.69) is 32.6 Å². The van der Waals surface area contributed by atoms with Crippen molar-refractivity contribution >= 4 is 27.5 Å². The summed E-state index contributed by atoms with van der Waals surface area (Å²) in [6.45, 7) is 7.88. The zero-order valence-corrected chi connectivity index (χ0v) is 25.9. The second-order valence-corrected chi connectivity index (χ2v) is 12.3. The number of sulfone groups is 1. The highest BCUT2D eigenvalue weighted by Gasteiger charge is 2.18. The lowest BCUT2D eigenvalue weighted by Gasteiger charge is -2.15. The molecule has 3 N–H and O–H groups in total. The third-order valence-electron chi connectivity index (χ3n) is 6.73. The van der Waals surface area contributed by atoms with Crippen LogP contribution in [-0.2, 0) is 48.0 Å². The van der Waals surface area contributed by atoms with E-state index in [0.717, 1.165) is 36.4 Å². The molecular formula is C32H41N3O7S. The van der Waals surface area contributed by atoms with Crippen LogP contribution in [0, 0.1) is 0 Å². The first kappa shape index (κ1) is 33.7. The Morgan fingerprint density at radius 1 is 1.02 bits per heavy atom. The van der Waals surface area contributed by atoms with Crippen LogP contribution in [0.1, 0.15) is 61.9 Å². The fourth-order valence-corrected chi connectivity index (χ4v) is 5.87. The molecule has 3 aromatic carbocycles. The third kappa shape index (κ3) is 11.4. The van der Waals surface area contributed by atoms with Crippen LogP contribution in [0.15, 0.2) is 77.7 Å². The van der Waals surface area contributed by atoms with E-state index in [1.165, 1.54) is 44.6 Å². The maximum Gasteiger partial charge on any atom is 0.339 e. The minimum Gasteiger partial charge on any atom is -0.379 e. The molecule has 2 heterocycles. The largest absolute Gasteiger partial charge is 0.379 e. The zero-order valence-electron chi connectivity index (χ0n) is 25.1. The number of carbonyl (C=O) groups excluding carboxylic acids is 2. The molecule has 2 aliphatic heterocycles. The summed E-state index contributed by atoms with van der Waals surface area (Å²) in [6, 6.07) is 21.2. The molecule has 232 valence electrons. The van der Waals surface area contributed by atoms with Gasteiger partial charge < -0.3 is 20.7 Å². The number of urea groups is 1. The molecule has 2 amide bonds. The van der Waals surface area contributed by atoms with Gasteiger partial charge in [0.1, 0.15) is 0 Å². The third-order valence-corrected chi connectivity index (χ3v) is 8.44. The predicted octanol–water partition coefficient (Wildman–Crippen LogP) is 5.44. The standard InChI is InChI=1S/C24H25N3O3S.C5H10O.C3H6O3/c1-17(19-5-3-2-4-6-19)26-24(28)27-22-9-11-23(12-10-22)31(29,30)16-18-7-8-20-14-25-15-21(20)13-18;1-5-3-2-4-6-5;1-3(4)6-5-2/h2-13,17,25H,14-16H2,1H3,(H2,26,27,28);5H,2-4H2,1H3;1-2H3. The van der Waals surface area contributed by atoms with Crippen molar-refractivity contribution in [3.8, 4) is 0 Å². The van der Waals surface area contributed by atoms with E-state index in [-0.39, 0.29) is 22.7 Å². The second kappa shape index (κ2) is 16.8. The Bertz CT molecular complexity index is 1430. The Balaban J connectivity index is 0.000000352. The second-order valence-electron chi connectivity index (χ2n) is 10.3. The Morgan fingerprint density at radius 3 is 2.28 bits per heavy atom. The molecule has 10 nitrogen and oxygen atoms in total. The fourth-order valence-electron chi connectivity index (χ4n) is 4.53. The van der Waals surface area contributed by atoms with Crippen LogP contribution >= 0.6 is 0 Å². The van der Waals surface area contributed by atoms with Gasteiger partial charge in [-0.3, -0.25) is 4.89 Å². The van der Waals surface area contributed by atoms with Gasteiger partial charge >= 0.3 is 12.0 Å². The van der Waals surface area contributed by atoms with Crippen LogP contribution in [0.3, 0.4) is 0 Å². The average Bonchev–Trinajstić information content (AvgIpc) is 3.65. The fraction of sp³-hybridized carbons (Fsp3) is 0.375. The van der Waals surface area contributed by atoms with E-state index in [9.17, 15) is 18.0 Å². The highest BCUT2D eigenvalue weighted by atomic mass is 32.2. The number of ether oxygens (including phenoxy) is 1. The number of fused-ring (bicyclic) bond motifs is 1. The van der Waals surface area contributed by atoms with Crippen LogP contribution in [-0.4, -0.2) is 40.2 Å². The smallest absolute Gasteiger partial charge is 0.339 e. The van der Waals surface area contributed by atoms with Crippen LogP contribution in [0.25, 0.3) is 0 Å². The van der Waals surface area contributed by atoms with Gasteiger partial charge in [0.15, 0.2) is 9.84 Å². The first-order chi connectivity index (χ1) is 20.6. The SMILES string of the molecule is CC(NC(=O)Nc1ccc(S(=O)(=O)Cc2ccc3c(c2)CNC3)cc1)c1ccccc1.CC1CCCO1.COOC(C)=O. The first-order valence-corrected chi connectivity index (χ1v) is 15.8. The number of amides is 2. The predicted molar refractivity (Wildman–Crippen MR) is 165 cm³/mol. The maximum atomic E-state index is 12.8. The van der Waals surface area contributed by atoms with Gasteiger partial charge in [-0.25, -0.2) is 18.0 Å². The molecule has 11 heteroatoms. The maximum absolute atomic E-state index is 12.8. The van der Waals surface area contributed by atoms with Gasteiger partial charge in [-0.2, -0.15) is 4.89 Å². The van der Waals surface area contributed by atoms with E-state index in [0.29, 0.717) is 11.8 Å². The van der Waals surface area contributed by atoms with Crippen LogP contribution < -0.4 is 16.0 Å². The van der Waals surface area contributed by atoms with Crippen molar-refractivity contribution in [3.63, 3.8) is 0 Å². The van der Waals surface area contributed by atoms with E-state index < -0.39 is 15.8 Å². The molecule has 0 radical (unpaired) electrons. The molecule has 1 fully saturated rings. The Labute approximate surface area is 254 Å². The molecule has 43 heavy (non-hydrogen) atoms. The summed E-state index contributed by atoms with van der Waals surface area (Å²) in [4.78, 5) is 30.1. The Hall–Kier alpha value is -3.77. The number of anilines is 1. The molecule has 0 spiro atoms. The molecule has 0 bridgehead atoms. The lowest BCUT2D eigenvalue weighted by Crippen LogP contribution is -2.31. The van der Waals surface area contributed by atoms with Gasteiger partial charge in [0, 0.05) is 32.3 Å². The lowest BCUT2D eigenvalue weighted by atomic mass is 10.1. The molecule has 0 aliphatic carbocycles. The number of benzene rings is 3. The lowest BCUT2D eigenvalue weighted by molar-refractivity contribution is -0.252. The summed E-state index contributed by atoms with van der Waals surface area (Å²) in [7, 11) is -2.20. The van der Waals surface area contributed by atoms with Crippen molar-refractivity contribution < 1.29 is 32.5 Å². The quantitative estimate of drug-likeness (QED) is 0.238. The number of carbonyl (C=O) groups is 2. The molecule has 5 rings (SSSR count). The highest BCUT2D eigenvalue weighted by molar-refractivity contribution is 7.90. The van der Waals surface area contributed by atoms with Gasteiger partial charge in [-0.15, -0.1) is 0 Å². The van der Waals surface area contributed by atoms with Crippen molar-refractivity contribution in [1.29, 1.82) is 0 Å². The van der Waals surface area contributed by atoms with Crippen molar-refractivity contribution in [2.45, 2.75) is 69.5 Å². The number of nitrogens with one attached hydrogen (secondary N) is 3. The normalized spacial score (nSPS) is 16.0. The summed E-state index contributed by atoms with van der Waals surface area (Å²) < 4.78 is 30.8. The highest BCUT2D eigenvalue weighted by Crippen LogP contribution is 2.23. The molecule has 3 aromatic rings. The number of hydrogen-bond acceptors (Lipinski definition) is 8. The summed E-state index contributed by atoms with van der Waals surface area (Å²) in [6.07, 6.45) is 3.08. The van der Waals surface area contributed by atoms with Gasteiger partial charge in [0.25, 0.3) is 0 Å². The monoisotopic (exact) mass is 611 g/mol. The zero-order chi connectivity index (χ0) is 31.2. The minimum atomic E-state index is -3.48. The molecule has 2 unspecified atom stereocenters. The number of rotatable bonds is 7. The van der Waals surface area contributed by atoms with Crippen LogP contribution in [0.4, 0.5) is 10.5 Å². The van der Waals surface area contributed by atoms with E-state index in [1.807, 2.05) is 55.5 Å². The summed E-state index contributed by atoms with van der Waals surface area (Å²) in [5, 5.41) is 8.88. The van der Waals surface area contributed by atoms with Crippen LogP contribution in [0.2, 0.25) is 0 Å². The van der Waals surface area contributed by atoms with Crippen molar-refractivity contribution in [2.24, 2.45) is 0 Å². The molecule has 0 aromatic heterocycles. The summed E-state index contributed by atoms with van der Waals surface area (Å²) >= 11 is 0. The van der Waals surface area contributed by atoms with Gasteiger partial charge in [-0.1, -0.05) is 48.5 Å².